The monoisotopic (exact) mass is 422 g/mol. The van der Waals surface area contributed by atoms with Crippen molar-refractivity contribution >= 4 is 21.6 Å². The molecule has 29 heavy (non-hydrogen) atoms. The lowest BCUT2D eigenvalue weighted by Gasteiger charge is -2.20. The van der Waals surface area contributed by atoms with Crippen molar-refractivity contribution in [2.24, 2.45) is 0 Å². The van der Waals surface area contributed by atoms with E-state index in [1.54, 1.807) is 30.0 Å². The van der Waals surface area contributed by atoms with E-state index in [0.717, 1.165) is 25.0 Å². The summed E-state index contributed by atoms with van der Waals surface area (Å²) in [5.74, 6) is -1.09. The zero-order chi connectivity index (χ0) is 21.2. The number of likely N-dealkylation sites (tertiary alicyclic amines) is 1. The van der Waals surface area contributed by atoms with E-state index >= 15 is 0 Å². The number of para-hydroxylation sites is 1. The predicted molar refractivity (Wildman–Crippen MR) is 107 cm³/mol. The molecule has 7 nitrogen and oxygen atoms in total. The molecule has 0 unspecified atom stereocenters. The van der Waals surface area contributed by atoms with E-state index in [1.807, 2.05) is 0 Å². The van der Waals surface area contributed by atoms with Crippen molar-refractivity contribution in [1.82, 2.24) is 4.90 Å². The molecule has 0 aliphatic carbocycles. The molecule has 1 N–H and O–H groups in total. The van der Waals surface area contributed by atoms with Gasteiger partial charge in [0.25, 0.3) is 15.9 Å². The lowest BCUT2D eigenvalue weighted by Crippen LogP contribution is -2.29. The topological polar surface area (TPSA) is 84.9 Å². The number of benzene rings is 2. The molecule has 2 aromatic carbocycles. The predicted octanol–water partition coefficient (Wildman–Crippen LogP) is 3.19. The summed E-state index contributed by atoms with van der Waals surface area (Å²) in [6, 6.07) is 6.94. The first-order chi connectivity index (χ1) is 13.8. The Morgan fingerprint density at radius 2 is 1.72 bits per heavy atom. The average Bonchev–Trinajstić information content (AvgIpc) is 3.23. The second-order valence-electron chi connectivity index (χ2n) is 6.74. The van der Waals surface area contributed by atoms with Crippen LogP contribution in [0.4, 0.5) is 10.1 Å². The highest BCUT2D eigenvalue weighted by molar-refractivity contribution is 7.92. The number of carbonyl (C=O) groups is 1. The van der Waals surface area contributed by atoms with Crippen molar-refractivity contribution in [1.29, 1.82) is 0 Å². The number of anilines is 1. The molecule has 0 saturated carbocycles. The Hall–Kier alpha value is -2.81. The maximum atomic E-state index is 14.5. The molecule has 0 radical (unpaired) electrons. The molecule has 1 heterocycles. The van der Waals surface area contributed by atoms with Gasteiger partial charge in [-0.25, -0.2) is 12.8 Å². The fraction of sp³-hybridized carbons (Fsp3) is 0.350. The molecule has 3 rings (SSSR count). The highest BCUT2D eigenvalue weighted by Gasteiger charge is 2.27. The van der Waals surface area contributed by atoms with Crippen LogP contribution < -0.4 is 14.2 Å². The third-order valence-electron chi connectivity index (χ3n) is 4.86. The lowest BCUT2D eigenvalue weighted by atomic mass is 10.1. The second-order valence-corrected chi connectivity index (χ2v) is 8.39. The molecule has 1 saturated heterocycles. The van der Waals surface area contributed by atoms with Gasteiger partial charge in [0, 0.05) is 25.2 Å². The van der Waals surface area contributed by atoms with Crippen molar-refractivity contribution in [2.75, 3.05) is 32.0 Å². The standard InChI is InChI=1S/C20H23FN2O5S/c1-13-7-6-8-14(20(24)23-9-4-5-10-23)19(13)22-29(25,26)18-12-17(28-3)16(27-2)11-15(18)21/h6-8,11-12,22H,4-5,9-10H2,1-3H3. The number of aryl methyl sites for hydroxylation is 1. The van der Waals surface area contributed by atoms with E-state index in [0.29, 0.717) is 18.7 Å². The Balaban J connectivity index is 2.02. The molecule has 1 aliphatic heterocycles. The number of sulfonamides is 1. The van der Waals surface area contributed by atoms with Gasteiger partial charge in [0.1, 0.15) is 10.7 Å². The first kappa shape index (κ1) is 20.9. The maximum Gasteiger partial charge on any atom is 0.264 e. The van der Waals surface area contributed by atoms with E-state index in [-0.39, 0.29) is 28.7 Å². The molecule has 0 aromatic heterocycles. The number of amides is 1. The summed E-state index contributed by atoms with van der Waals surface area (Å²) in [6.07, 6.45) is 1.82. The summed E-state index contributed by atoms with van der Waals surface area (Å²) in [5, 5.41) is 0. The third kappa shape index (κ3) is 4.14. The SMILES string of the molecule is COc1cc(F)c(S(=O)(=O)Nc2c(C)cccc2C(=O)N2CCCC2)cc1OC. The molecule has 9 heteroatoms. The summed E-state index contributed by atoms with van der Waals surface area (Å²) >= 11 is 0. The van der Waals surface area contributed by atoms with E-state index in [9.17, 15) is 17.6 Å². The molecule has 0 atom stereocenters. The Labute approximate surface area is 169 Å². The Kier molecular flexibility index (Phi) is 5.97. The van der Waals surface area contributed by atoms with Crippen LogP contribution in [0.2, 0.25) is 0 Å². The second kappa shape index (κ2) is 8.28. The van der Waals surface area contributed by atoms with Crippen LogP contribution in [0.1, 0.15) is 28.8 Å². The maximum absolute atomic E-state index is 14.5. The van der Waals surface area contributed by atoms with Gasteiger partial charge in [0.15, 0.2) is 11.5 Å². The number of halogens is 1. The van der Waals surface area contributed by atoms with Gasteiger partial charge in [0.05, 0.1) is 25.5 Å². The average molecular weight is 422 g/mol. The van der Waals surface area contributed by atoms with Crippen molar-refractivity contribution < 1.29 is 27.1 Å². The zero-order valence-corrected chi connectivity index (χ0v) is 17.3. The molecule has 0 bridgehead atoms. The number of methoxy groups -OCH3 is 2. The van der Waals surface area contributed by atoms with Crippen LogP contribution in [-0.2, 0) is 10.0 Å². The minimum Gasteiger partial charge on any atom is -0.493 e. The van der Waals surface area contributed by atoms with Crippen LogP contribution in [0.3, 0.4) is 0 Å². The number of nitrogens with zero attached hydrogens (tertiary/aromatic N) is 1. The minimum absolute atomic E-state index is 0.0738. The number of hydrogen-bond donors (Lipinski definition) is 1. The van der Waals surface area contributed by atoms with Crippen molar-refractivity contribution in [3.05, 3.63) is 47.3 Å². The smallest absolute Gasteiger partial charge is 0.264 e. The van der Waals surface area contributed by atoms with Gasteiger partial charge in [0.2, 0.25) is 0 Å². The van der Waals surface area contributed by atoms with Gasteiger partial charge in [-0.3, -0.25) is 9.52 Å². The molecule has 156 valence electrons. The molecular formula is C20H23FN2O5S. The van der Waals surface area contributed by atoms with E-state index in [4.69, 9.17) is 9.47 Å². The number of hydrogen-bond acceptors (Lipinski definition) is 5. The zero-order valence-electron chi connectivity index (χ0n) is 16.5. The highest BCUT2D eigenvalue weighted by atomic mass is 32.2. The molecule has 1 amide bonds. The molecule has 1 fully saturated rings. The van der Waals surface area contributed by atoms with Gasteiger partial charge in [-0.2, -0.15) is 0 Å². The Morgan fingerprint density at radius 1 is 1.10 bits per heavy atom. The van der Waals surface area contributed by atoms with Gasteiger partial charge >= 0.3 is 0 Å². The largest absolute Gasteiger partial charge is 0.493 e. The lowest BCUT2D eigenvalue weighted by molar-refractivity contribution is 0.0794. The molecule has 0 spiro atoms. The number of carbonyl (C=O) groups excluding carboxylic acids is 1. The fourth-order valence-corrected chi connectivity index (χ4v) is 4.53. The quantitative estimate of drug-likeness (QED) is 0.773. The summed E-state index contributed by atoms with van der Waals surface area (Å²) < 4.78 is 52.9. The number of ether oxygens (including phenoxy) is 2. The number of nitrogens with one attached hydrogen (secondary N) is 1. The van der Waals surface area contributed by atoms with Crippen molar-refractivity contribution in [3.63, 3.8) is 0 Å². The normalized spacial score (nSPS) is 14.0. The van der Waals surface area contributed by atoms with Crippen LogP contribution in [-0.4, -0.2) is 46.5 Å². The summed E-state index contributed by atoms with van der Waals surface area (Å²) in [6.45, 7) is 2.94. The Bertz CT molecular complexity index is 1030. The van der Waals surface area contributed by atoms with Crippen LogP contribution in [0.15, 0.2) is 35.2 Å². The molecule has 1 aliphatic rings. The van der Waals surface area contributed by atoms with Crippen LogP contribution in [0.5, 0.6) is 11.5 Å². The molecule has 2 aromatic rings. The summed E-state index contributed by atoms with van der Waals surface area (Å²) in [5.41, 5.74) is 0.925. The van der Waals surface area contributed by atoms with Crippen LogP contribution in [0, 0.1) is 12.7 Å². The summed E-state index contributed by atoms with van der Waals surface area (Å²) in [4.78, 5) is 14.0. The van der Waals surface area contributed by atoms with Gasteiger partial charge in [-0.15, -0.1) is 0 Å². The van der Waals surface area contributed by atoms with E-state index in [2.05, 4.69) is 4.72 Å². The fourth-order valence-electron chi connectivity index (χ4n) is 3.30. The van der Waals surface area contributed by atoms with Crippen LogP contribution in [0.25, 0.3) is 0 Å². The highest BCUT2D eigenvalue weighted by Crippen LogP contribution is 2.33. The van der Waals surface area contributed by atoms with Crippen molar-refractivity contribution in [3.8, 4) is 11.5 Å². The Morgan fingerprint density at radius 3 is 2.34 bits per heavy atom. The van der Waals surface area contributed by atoms with Gasteiger partial charge in [-0.1, -0.05) is 12.1 Å². The van der Waals surface area contributed by atoms with E-state index in [1.165, 1.54) is 14.2 Å². The van der Waals surface area contributed by atoms with E-state index < -0.39 is 20.7 Å². The number of rotatable bonds is 6. The van der Waals surface area contributed by atoms with Gasteiger partial charge < -0.3 is 14.4 Å². The first-order valence-corrected chi connectivity index (χ1v) is 10.6. The van der Waals surface area contributed by atoms with Crippen LogP contribution >= 0.6 is 0 Å². The first-order valence-electron chi connectivity index (χ1n) is 9.11. The third-order valence-corrected chi connectivity index (χ3v) is 6.23. The van der Waals surface area contributed by atoms with Crippen molar-refractivity contribution in [2.45, 2.75) is 24.7 Å². The minimum atomic E-state index is -4.33. The molecular weight excluding hydrogens is 399 g/mol. The van der Waals surface area contributed by atoms with Gasteiger partial charge in [-0.05, 0) is 31.4 Å². The summed E-state index contributed by atoms with van der Waals surface area (Å²) in [7, 11) is -1.68.